The lowest BCUT2D eigenvalue weighted by molar-refractivity contribution is 0.102. The standard InChI is InChI=1S/C18H17ClN4O3/c1-11-8-15(23-18(21-11)20-10-13-4-3-7-26-13)17(24)22-14-9-12(19)5-6-16(14)25-2/h3-9H,10H2,1-2H3,(H,22,24)(H,20,21,23). The van der Waals surface area contributed by atoms with Gasteiger partial charge >= 0.3 is 0 Å². The van der Waals surface area contributed by atoms with E-state index < -0.39 is 5.91 Å². The Hall–Kier alpha value is -3.06. The fourth-order valence-electron chi connectivity index (χ4n) is 2.31. The average molecular weight is 373 g/mol. The number of benzene rings is 1. The molecule has 3 rings (SSSR count). The number of nitrogens with one attached hydrogen (secondary N) is 2. The number of carbonyl (C=O) groups excluding carboxylic acids is 1. The number of hydrogen-bond acceptors (Lipinski definition) is 6. The number of ether oxygens (including phenoxy) is 1. The zero-order valence-electron chi connectivity index (χ0n) is 14.2. The molecule has 26 heavy (non-hydrogen) atoms. The van der Waals surface area contributed by atoms with Crippen LogP contribution < -0.4 is 15.4 Å². The molecular weight excluding hydrogens is 356 g/mol. The minimum absolute atomic E-state index is 0.224. The molecular formula is C18H17ClN4O3. The smallest absolute Gasteiger partial charge is 0.274 e. The summed E-state index contributed by atoms with van der Waals surface area (Å²) >= 11 is 5.99. The van der Waals surface area contributed by atoms with Crippen LogP contribution in [0.3, 0.4) is 0 Å². The molecule has 2 heterocycles. The van der Waals surface area contributed by atoms with Crippen molar-refractivity contribution in [3.63, 3.8) is 0 Å². The third-order valence-electron chi connectivity index (χ3n) is 3.50. The maximum Gasteiger partial charge on any atom is 0.274 e. The first kappa shape index (κ1) is 17.8. The topological polar surface area (TPSA) is 89.3 Å². The molecule has 7 nitrogen and oxygen atoms in total. The van der Waals surface area contributed by atoms with Crippen molar-refractivity contribution in [1.82, 2.24) is 9.97 Å². The van der Waals surface area contributed by atoms with Crippen molar-refractivity contribution < 1.29 is 13.9 Å². The Labute approximate surface area is 155 Å². The highest BCUT2D eigenvalue weighted by Crippen LogP contribution is 2.28. The second-order valence-electron chi connectivity index (χ2n) is 5.45. The lowest BCUT2D eigenvalue weighted by atomic mass is 10.2. The minimum Gasteiger partial charge on any atom is -0.495 e. The summed E-state index contributed by atoms with van der Waals surface area (Å²) in [6.45, 7) is 2.20. The number of hydrogen-bond donors (Lipinski definition) is 2. The maximum atomic E-state index is 12.6. The van der Waals surface area contributed by atoms with Gasteiger partial charge in [0.2, 0.25) is 5.95 Å². The van der Waals surface area contributed by atoms with Crippen molar-refractivity contribution in [2.24, 2.45) is 0 Å². The molecule has 3 aromatic rings. The van der Waals surface area contributed by atoms with Gasteiger partial charge in [-0.15, -0.1) is 0 Å². The van der Waals surface area contributed by atoms with Crippen molar-refractivity contribution in [2.75, 3.05) is 17.7 Å². The Morgan fingerprint density at radius 3 is 2.85 bits per heavy atom. The zero-order chi connectivity index (χ0) is 18.5. The van der Waals surface area contributed by atoms with Crippen molar-refractivity contribution in [1.29, 1.82) is 0 Å². The third-order valence-corrected chi connectivity index (χ3v) is 3.73. The highest BCUT2D eigenvalue weighted by molar-refractivity contribution is 6.31. The molecule has 0 fully saturated rings. The predicted molar refractivity (Wildman–Crippen MR) is 98.8 cm³/mol. The van der Waals surface area contributed by atoms with Crippen LogP contribution in [0.25, 0.3) is 0 Å². The summed E-state index contributed by atoms with van der Waals surface area (Å²) in [7, 11) is 1.52. The van der Waals surface area contributed by atoms with E-state index >= 15 is 0 Å². The normalized spacial score (nSPS) is 10.4. The third kappa shape index (κ3) is 4.31. The molecule has 0 bridgehead atoms. The molecule has 0 saturated heterocycles. The molecule has 0 aliphatic carbocycles. The molecule has 134 valence electrons. The molecule has 0 saturated carbocycles. The van der Waals surface area contributed by atoms with E-state index in [-0.39, 0.29) is 5.69 Å². The number of rotatable bonds is 6. The molecule has 0 aliphatic heterocycles. The lowest BCUT2D eigenvalue weighted by Gasteiger charge is -2.11. The van der Waals surface area contributed by atoms with Crippen LogP contribution in [-0.4, -0.2) is 23.0 Å². The molecule has 2 N–H and O–H groups in total. The number of methoxy groups -OCH3 is 1. The van der Waals surface area contributed by atoms with Crippen LogP contribution in [0.15, 0.2) is 47.1 Å². The van der Waals surface area contributed by atoms with Crippen LogP contribution >= 0.6 is 11.6 Å². The fraction of sp³-hybridized carbons (Fsp3) is 0.167. The number of furan rings is 1. The first-order valence-corrected chi connectivity index (χ1v) is 8.20. The molecule has 0 aliphatic rings. The van der Waals surface area contributed by atoms with Gasteiger partial charge in [-0.2, -0.15) is 0 Å². The summed E-state index contributed by atoms with van der Waals surface area (Å²) in [4.78, 5) is 21.1. The van der Waals surface area contributed by atoms with E-state index in [1.54, 1.807) is 43.5 Å². The van der Waals surface area contributed by atoms with Crippen molar-refractivity contribution in [3.8, 4) is 5.75 Å². The predicted octanol–water partition coefficient (Wildman–Crippen LogP) is 3.90. The molecule has 0 atom stereocenters. The molecule has 8 heteroatoms. The Balaban J connectivity index is 1.78. The second-order valence-corrected chi connectivity index (χ2v) is 5.89. The van der Waals surface area contributed by atoms with Gasteiger partial charge in [0.15, 0.2) is 0 Å². The summed E-state index contributed by atoms with van der Waals surface area (Å²) in [6.07, 6.45) is 1.59. The molecule has 0 radical (unpaired) electrons. The van der Waals surface area contributed by atoms with Gasteiger partial charge in [-0.05, 0) is 43.3 Å². The van der Waals surface area contributed by atoms with Gasteiger partial charge in [0, 0.05) is 10.7 Å². The lowest BCUT2D eigenvalue weighted by Crippen LogP contribution is -2.16. The van der Waals surface area contributed by atoms with E-state index in [2.05, 4.69) is 20.6 Å². The van der Waals surface area contributed by atoms with Crippen LogP contribution in [0.5, 0.6) is 5.75 Å². The first-order chi connectivity index (χ1) is 12.5. The van der Waals surface area contributed by atoms with E-state index in [4.69, 9.17) is 20.8 Å². The molecule has 0 unspecified atom stereocenters. The number of aromatic nitrogens is 2. The number of aryl methyl sites for hydroxylation is 1. The van der Waals surface area contributed by atoms with Crippen LogP contribution in [0.2, 0.25) is 5.02 Å². The highest BCUT2D eigenvalue weighted by Gasteiger charge is 2.14. The number of halogens is 1. The quantitative estimate of drug-likeness (QED) is 0.682. The summed E-state index contributed by atoms with van der Waals surface area (Å²) < 4.78 is 10.5. The Morgan fingerprint density at radius 2 is 2.12 bits per heavy atom. The van der Waals surface area contributed by atoms with Crippen LogP contribution in [0, 0.1) is 6.92 Å². The maximum absolute atomic E-state index is 12.6. The summed E-state index contributed by atoms with van der Waals surface area (Å²) in [5.74, 6) is 1.19. The monoisotopic (exact) mass is 372 g/mol. The molecule has 2 aromatic heterocycles. The molecule has 1 aromatic carbocycles. The van der Waals surface area contributed by atoms with Crippen molar-refractivity contribution >= 4 is 29.1 Å². The van der Waals surface area contributed by atoms with E-state index in [0.717, 1.165) is 5.76 Å². The van der Waals surface area contributed by atoms with Crippen LogP contribution in [0.1, 0.15) is 21.9 Å². The van der Waals surface area contributed by atoms with Gasteiger partial charge in [0.1, 0.15) is 17.2 Å². The van der Waals surface area contributed by atoms with E-state index in [1.807, 2.05) is 6.07 Å². The Bertz CT molecular complexity index is 913. The van der Waals surface area contributed by atoms with E-state index in [9.17, 15) is 4.79 Å². The largest absolute Gasteiger partial charge is 0.495 e. The van der Waals surface area contributed by atoms with Gasteiger partial charge < -0.3 is 19.8 Å². The molecule has 1 amide bonds. The van der Waals surface area contributed by atoms with Gasteiger partial charge in [-0.3, -0.25) is 4.79 Å². The molecule has 0 spiro atoms. The second kappa shape index (κ2) is 7.88. The number of amides is 1. The summed E-state index contributed by atoms with van der Waals surface area (Å²) in [6, 6.07) is 10.2. The minimum atomic E-state index is -0.392. The van der Waals surface area contributed by atoms with E-state index in [0.29, 0.717) is 34.6 Å². The SMILES string of the molecule is COc1ccc(Cl)cc1NC(=O)c1cc(C)nc(NCc2ccco2)n1. The van der Waals surface area contributed by atoms with Gasteiger partial charge in [0.05, 0.1) is 25.6 Å². The number of anilines is 2. The van der Waals surface area contributed by atoms with Crippen LogP contribution in [-0.2, 0) is 6.54 Å². The Morgan fingerprint density at radius 1 is 1.27 bits per heavy atom. The van der Waals surface area contributed by atoms with E-state index in [1.165, 1.54) is 7.11 Å². The zero-order valence-corrected chi connectivity index (χ0v) is 15.0. The first-order valence-electron chi connectivity index (χ1n) is 7.82. The summed E-state index contributed by atoms with van der Waals surface area (Å²) in [5, 5.41) is 6.28. The van der Waals surface area contributed by atoms with Gasteiger partial charge in [-0.25, -0.2) is 9.97 Å². The number of carbonyl (C=O) groups is 1. The average Bonchev–Trinajstić information content (AvgIpc) is 3.13. The van der Waals surface area contributed by atoms with Gasteiger partial charge in [-0.1, -0.05) is 11.6 Å². The van der Waals surface area contributed by atoms with Crippen LogP contribution in [0.4, 0.5) is 11.6 Å². The number of nitrogens with zero attached hydrogens (tertiary/aromatic N) is 2. The fourth-order valence-corrected chi connectivity index (χ4v) is 2.48. The van der Waals surface area contributed by atoms with Crippen molar-refractivity contribution in [2.45, 2.75) is 13.5 Å². The summed E-state index contributed by atoms with van der Waals surface area (Å²) in [5.41, 5.74) is 1.35. The highest BCUT2D eigenvalue weighted by atomic mass is 35.5. The van der Waals surface area contributed by atoms with Crippen molar-refractivity contribution in [3.05, 3.63) is 64.8 Å². The van der Waals surface area contributed by atoms with Gasteiger partial charge in [0.25, 0.3) is 5.91 Å². The Kier molecular flexibility index (Phi) is 5.38.